The first-order valence-electron chi connectivity index (χ1n) is 4.12. The molecule has 2 unspecified atom stereocenters. The van der Waals surface area contributed by atoms with Crippen molar-refractivity contribution in [2.24, 2.45) is 11.8 Å². The molecule has 2 aliphatic rings. The van der Waals surface area contributed by atoms with E-state index in [0.717, 1.165) is 25.7 Å². The molecule has 60 valence electrons. The Labute approximate surface area is 65.2 Å². The van der Waals surface area contributed by atoms with E-state index in [1.54, 1.807) is 0 Å². The summed E-state index contributed by atoms with van der Waals surface area (Å²) in [6, 6.07) is 0. The number of nitrogens with one attached hydrogen (secondary N) is 1. The number of piperidine rings is 1. The van der Waals surface area contributed by atoms with Gasteiger partial charge in [-0.3, -0.25) is 14.9 Å². The molecule has 2 rings (SSSR count). The molecular formula is C8H11NO2. The van der Waals surface area contributed by atoms with Crippen molar-refractivity contribution in [2.45, 2.75) is 25.7 Å². The Hall–Kier alpha value is -0.860. The van der Waals surface area contributed by atoms with E-state index in [9.17, 15) is 9.59 Å². The van der Waals surface area contributed by atoms with Crippen LogP contribution in [0.15, 0.2) is 0 Å². The average Bonchev–Trinajstić information content (AvgIpc) is 2.02. The lowest BCUT2D eigenvalue weighted by molar-refractivity contribution is -0.141. The summed E-state index contributed by atoms with van der Waals surface area (Å²) in [5, 5.41) is 2.40. The van der Waals surface area contributed by atoms with Gasteiger partial charge in [-0.2, -0.15) is 0 Å². The predicted molar refractivity (Wildman–Crippen MR) is 38.6 cm³/mol. The van der Waals surface area contributed by atoms with Crippen LogP contribution in [0.5, 0.6) is 0 Å². The Morgan fingerprint density at radius 1 is 1.09 bits per heavy atom. The zero-order chi connectivity index (χ0) is 7.84. The van der Waals surface area contributed by atoms with Gasteiger partial charge in [0.05, 0.1) is 0 Å². The number of carbonyl (C=O) groups is 2. The lowest BCUT2D eigenvalue weighted by Crippen LogP contribution is -2.48. The zero-order valence-corrected chi connectivity index (χ0v) is 6.30. The largest absolute Gasteiger partial charge is 0.296 e. The molecule has 0 aromatic heterocycles. The molecule has 1 saturated carbocycles. The summed E-state index contributed by atoms with van der Waals surface area (Å²) in [6.45, 7) is 0. The van der Waals surface area contributed by atoms with Crippen LogP contribution in [-0.2, 0) is 9.59 Å². The monoisotopic (exact) mass is 153 g/mol. The summed E-state index contributed by atoms with van der Waals surface area (Å²) in [7, 11) is 0. The molecule has 1 aliphatic carbocycles. The lowest BCUT2D eigenvalue weighted by atomic mass is 9.78. The van der Waals surface area contributed by atoms with Crippen LogP contribution in [0.1, 0.15) is 25.7 Å². The van der Waals surface area contributed by atoms with Crippen LogP contribution < -0.4 is 5.32 Å². The third-order valence-electron chi connectivity index (χ3n) is 2.66. The second-order valence-electron chi connectivity index (χ2n) is 3.41. The number of hydrogen-bond acceptors (Lipinski definition) is 2. The van der Waals surface area contributed by atoms with E-state index < -0.39 is 0 Å². The van der Waals surface area contributed by atoms with Gasteiger partial charge >= 0.3 is 0 Å². The lowest BCUT2D eigenvalue weighted by Gasteiger charge is -2.32. The molecule has 3 heteroatoms. The van der Waals surface area contributed by atoms with Gasteiger partial charge in [0, 0.05) is 11.8 Å². The molecule has 0 spiro atoms. The minimum atomic E-state index is -0.0500. The molecule has 11 heavy (non-hydrogen) atoms. The maximum Gasteiger partial charge on any atom is 0.229 e. The van der Waals surface area contributed by atoms with Gasteiger partial charge in [-0.1, -0.05) is 6.42 Å². The summed E-state index contributed by atoms with van der Waals surface area (Å²) in [5.74, 6) is 0.162. The van der Waals surface area contributed by atoms with E-state index >= 15 is 0 Å². The molecular weight excluding hydrogens is 142 g/mol. The van der Waals surface area contributed by atoms with Crippen LogP contribution in [0.4, 0.5) is 0 Å². The minimum Gasteiger partial charge on any atom is -0.296 e. The minimum absolute atomic E-state index is 0.0500. The fraction of sp³-hybridized carbons (Fsp3) is 0.750. The maximum absolute atomic E-state index is 11.1. The molecule has 2 bridgehead atoms. The standard InChI is InChI=1S/C8H11NO2/c10-7-5-2-1-3-6(4-5)8(11)9-7/h5-6H,1-4H2,(H,9,10,11). The first-order valence-corrected chi connectivity index (χ1v) is 4.12. The number of carbonyl (C=O) groups excluding carboxylic acids is 2. The molecule has 0 aromatic carbocycles. The van der Waals surface area contributed by atoms with Crippen molar-refractivity contribution in [2.75, 3.05) is 0 Å². The van der Waals surface area contributed by atoms with Crippen molar-refractivity contribution in [3.8, 4) is 0 Å². The summed E-state index contributed by atoms with van der Waals surface area (Å²) in [5.41, 5.74) is 0. The molecule has 0 radical (unpaired) electrons. The molecule has 1 aliphatic heterocycles. The van der Waals surface area contributed by atoms with Crippen LogP contribution >= 0.6 is 0 Å². The quantitative estimate of drug-likeness (QED) is 0.513. The Kier molecular flexibility index (Phi) is 1.44. The number of imide groups is 1. The van der Waals surface area contributed by atoms with Gasteiger partial charge in [-0.05, 0) is 19.3 Å². The average molecular weight is 153 g/mol. The highest BCUT2D eigenvalue weighted by molar-refractivity contribution is 6.00. The van der Waals surface area contributed by atoms with Gasteiger partial charge < -0.3 is 0 Å². The van der Waals surface area contributed by atoms with Crippen molar-refractivity contribution in [1.82, 2.24) is 5.32 Å². The van der Waals surface area contributed by atoms with E-state index in [4.69, 9.17) is 0 Å². The van der Waals surface area contributed by atoms with Crippen molar-refractivity contribution in [1.29, 1.82) is 0 Å². The Bertz CT molecular complexity index is 192. The van der Waals surface area contributed by atoms with E-state index in [0.29, 0.717) is 0 Å². The fourth-order valence-electron chi connectivity index (χ4n) is 1.99. The van der Waals surface area contributed by atoms with E-state index in [2.05, 4.69) is 5.32 Å². The highest BCUT2D eigenvalue weighted by Crippen LogP contribution is 2.32. The Morgan fingerprint density at radius 3 is 2.18 bits per heavy atom. The molecule has 0 aromatic rings. The van der Waals surface area contributed by atoms with E-state index in [-0.39, 0.29) is 23.7 Å². The summed E-state index contributed by atoms with van der Waals surface area (Å²) < 4.78 is 0. The SMILES string of the molecule is O=C1NC(=O)C2CCCC1C2. The topological polar surface area (TPSA) is 46.2 Å². The molecule has 2 amide bonds. The van der Waals surface area contributed by atoms with E-state index in [1.165, 1.54) is 0 Å². The van der Waals surface area contributed by atoms with Crippen molar-refractivity contribution < 1.29 is 9.59 Å². The van der Waals surface area contributed by atoms with Crippen LogP contribution in [0.25, 0.3) is 0 Å². The van der Waals surface area contributed by atoms with Gasteiger partial charge in [0.1, 0.15) is 0 Å². The first kappa shape index (κ1) is 6.83. The van der Waals surface area contributed by atoms with Crippen LogP contribution in [0.2, 0.25) is 0 Å². The molecule has 3 nitrogen and oxygen atoms in total. The smallest absolute Gasteiger partial charge is 0.229 e. The van der Waals surface area contributed by atoms with E-state index in [1.807, 2.05) is 0 Å². The molecule has 1 heterocycles. The van der Waals surface area contributed by atoms with Crippen molar-refractivity contribution >= 4 is 11.8 Å². The zero-order valence-electron chi connectivity index (χ0n) is 6.30. The Balaban J connectivity index is 2.17. The maximum atomic E-state index is 11.1. The van der Waals surface area contributed by atoms with Gasteiger partial charge in [0.25, 0.3) is 0 Å². The normalized spacial score (nSPS) is 36.7. The molecule has 1 N–H and O–H groups in total. The van der Waals surface area contributed by atoms with Gasteiger partial charge in [-0.25, -0.2) is 0 Å². The molecule has 2 atom stereocenters. The van der Waals surface area contributed by atoms with Gasteiger partial charge in [0.2, 0.25) is 11.8 Å². The summed E-state index contributed by atoms with van der Waals surface area (Å²) in [6.07, 6.45) is 3.77. The fourth-order valence-corrected chi connectivity index (χ4v) is 1.99. The molecule has 2 fully saturated rings. The Morgan fingerprint density at radius 2 is 1.64 bits per heavy atom. The number of fused-ring (bicyclic) bond motifs is 2. The van der Waals surface area contributed by atoms with Crippen LogP contribution in [0, 0.1) is 11.8 Å². The summed E-state index contributed by atoms with van der Waals surface area (Å²) >= 11 is 0. The second kappa shape index (κ2) is 2.32. The van der Waals surface area contributed by atoms with Gasteiger partial charge in [0.15, 0.2) is 0 Å². The van der Waals surface area contributed by atoms with Crippen molar-refractivity contribution in [3.05, 3.63) is 0 Å². The van der Waals surface area contributed by atoms with Gasteiger partial charge in [-0.15, -0.1) is 0 Å². The number of rotatable bonds is 0. The number of hydrogen-bond donors (Lipinski definition) is 1. The van der Waals surface area contributed by atoms with Crippen molar-refractivity contribution in [3.63, 3.8) is 0 Å². The second-order valence-corrected chi connectivity index (χ2v) is 3.41. The number of amides is 2. The van der Waals surface area contributed by atoms with Crippen LogP contribution in [-0.4, -0.2) is 11.8 Å². The summed E-state index contributed by atoms with van der Waals surface area (Å²) in [4.78, 5) is 22.2. The first-order chi connectivity index (χ1) is 5.27. The third kappa shape index (κ3) is 1.04. The molecule has 1 saturated heterocycles. The third-order valence-corrected chi connectivity index (χ3v) is 2.66. The predicted octanol–water partition coefficient (Wildman–Crippen LogP) is 0.449. The highest BCUT2D eigenvalue weighted by atomic mass is 16.2. The van der Waals surface area contributed by atoms with Crippen LogP contribution in [0.3, 0.4) is 0 Å². The highest BCUT2D eigenvalue weighted by Gasteiger charge is 2.36.